The maximum absolute atomic E-state index is 11.3. The van der Waals surface area contributed by atoms with Crippen molar-refractivity contribution in [1.29, 1.82) is 0 Å². The summed E-state index contributed by atoms with van der Waals surface area (Å²) in [6.07, 6.45) is 6.15. The van der Waals surface area contributed by atoms with Crippen molar-refractivity contribution in [3.8, 4) is 0 Å². The molecule has 4 heteroatoms. The molecular weight excluding hydrogens is 222 g/mol. The number of rotatable bonds is 3. The topological polar surface area (TPSA) is 46.2 Å². The van der Waals surface area contributed by atoms with Crippen LogP contribution < -0.4 is 5.32 Å². The highest BCUT2D eigenvalue weighted by atomic mass is 32.2. The van der Waals surface area contributed by atoms with E-state index >= 15 is 0 Å². The number of hydrogen-bond donors (Lipinski definition) is 1. The molecule has 0 radical (unpaired) electrons. The van der Waals surface area contributed by atoms with Crippen LogP contribution >= 0.6 is 0 Å². The zero-order valence-corrected chi connectivity index (χ0v) is 10.9. The summed E-state index contributed by atoms with van der Waals surface area (Å²) in [7, 11) is -2.72. The Morgan fingerprint density at radius 1 is 1.25 bits per heavy atom. The minimum absolute atomic E-state index is 0.224. The van der Waals surface area contributed by atoms with Gasteiger partial charge in [0.1, 0.15) is 0 Å². The molecule has 2 rings (SSSR count). The summed E-state index contributed by atoms with van der Waals surface area (Å²) in [4.78, 5) is 0. The van der Waals surface area contributed by atoms with Gasteiger partial charge < -0.3 is 5.32 Å². The first kappa shape index (κ1) is 12.4. The monoisotopic (exact) mass is 245 g/mol. The third kappa shape index (κ3) is 3.45. The molecule has 0 spiro atoms. The van der Waals surface area contributed by atoms with Gasteiger partial charge in [-0.25, -0.2) is 8.42 Å². The Morgan fingerprint density at radius 3 is 2.69 bits per heavy atom. The summed E-state index contributed by atoms with van der Waals surface area (Å²) in [6, 6.07) is 0.224. The van der Waals surface area contributed by atoms with Gasteiger partial charge in [-0.2, -0.15) is 0 Å². The first-order valence-electron chi connectivity index (χ1n) is 6.49. The Labute approximate surface area is 98.9 Å². The third-order valence-corrected chi connectivity index (χ3v) is 5.74. The summed E-state index contributed by atoms with van der Waals surface area (Å²) >= 11 is 0. The first-order chi connectivity index (χ1) is 7.55. The summed E-state index contributed by atoms with van der Waals surface area (Å²) in [5.41, 5.74) is 0. The average molecular weight is 245 g/mol. The normalized spacial score (nSPS) is 38.7. The largest absolute Gasteiger partial charge is 0.313 e. The Bertz CT molecular complexity index is 326. The van der Waals surface area contributed by atoms with Crippen LogP contribution in [0.3, 0.4) is 0 Å². The molecule has 1 aliphatic carbocycles. The van der Waals surface area contributed by atoms with Gasteiger partial charge in [-0.1, -0.05) is 19.8 Å². The van der Waals surface area contributed by atoms with Crippen LogP contribution in [0.2, 0.25) is 0 Å². The molecule has 2 fully saturated rings. The molecule has 0 aromatic rings. The second kappa shape index (κ2) is 5.05. The Morgan fingerprint density at radius 2 is 2.06 bits per heavy atom. The van der Waals surface area contributed by atoms with Gasteiger partial charge >= 0.3 is 0 Å². The van der Waals surface area contributed by atoms with E-state index in [9.17, 15) is 8.42 Å². The van der Waals surface area contributed by atoms with Crippen molar-refractivity contribution in [2.45, 2.75) is 45.1 Å². The summed E-state index contributed by atoms with van der Waals surface area (Å²) in [5, 5.41) is 3.45. The van der Waals surface area contributed by atoms with Gasteiger partial charge in [-0.3, -0.25) is 0 Å². The molecule has 3 unspecified atom stereocenters. The number of nitrogens with one attached hydrogen (secondary N) is 1. The van der Waals surface area contributed by atoms with Gasteiger partial charge in [0, 0.05) is 6.04 Å². The summed E-state index contributed by atoms with van der Waals surface area (Å²) in [5.74, 6) is 2.36. The molecule has 2 aliphatic rings. The van der Waals surface area contributed by atoms with E-state index in [1.165, 1.54) is 25.7 Å². The van der Waals surface area contributed by atoms with E-state index in [1.807, 2.05) is 0 Å². The standard InChI is InChI=1S/C12H23NO2S/c1-10-3-2-4-11(7-10)8-13-12-5-6-16(14,15)9-12/h10-13H,2-9H2,1H3. The van der Waals surface area contributed by atoms with Crippen molar-refractivity contribution in [2.24, 2.45) is 11.8 Å². The average Bonchev–Trinajstić information content (AvgIpc) is 2.56. The van der Waals surface area contributed by atoms with E-state index in [-0.39, 0.29) is 6.04 Å². The van der Waals surface area contributed by atoms with Gasteiger partial charge in [0.05, 0.1) is 11.5 Å². The molecule has 0 bridgehead atoms. The minimum Gasteiger partial charge on any atom is -0.313 e. The van der Waals surface area contributed by atoms with Crippen LogP contribution in [-0.2, 0) is 9.84 Å². The highest BCUT2D eigenvalue weighted by molar-refractivity contribution is 7.91. The fourth-order valence-corrected chi connectivity index (χ4v) is 4.74. The lowest BCUT2D eigenvalue weighted by Crippen LogP contribution is -2.35. The van der Waals surface area contributed by atoms with Crippen LogP contribution in [0.25, 0.3) is 0 Å². The van der Waals surface area contributed by atoms with E-state index in [4.69, 9.17) is 0 Å². The third-order valence-electron chi connectivity index (χ3n) is 3.97. The fourth-order valence-electron chi connectivity index (χ4n) is 3.03. The second-order valence-electron chi connectivity index (χ2n) is 5.65. The van der Waals surface area contributed by atoms with Gasteiger partial charge in [-0.05, 0) is 37.6 Å². The molecule has 0 amide bonds. The molecule has 1 saturated carbocycles. The lowest BCUT2D eigenvalue weighted by molar-refractivity contribution is 0.268. The van der Waals surface area contributed by atoms with E-state index in [1.54, 1.807) is 0 Å². The zero-order valence-electron chi connectivity index (χ0n) is 10.1. The molecule has 1 aliphatic heterocycles. The van der Waals surface area contributed by atoms with Crippen molar-refractivity contribution in [3.05, 3.63) is 0 Å². The molecule has 0 aromatic heterocycles. The minimum atomic E-state index is -2.72. The summed E-state index contributed by atoms with van der Waals surface area (Å²) in [6.45, 7) is 3.34. The van der Waals surface area contributed by atoms with Crippen molar-refractivity contribution in [1.82, 2.24) is 5.32 Å². The molecule has 1 saturated heterocycles. The predicted molar refractivity (Wildman–Crippen MR) is 66.2 cm³/mol. The van der Waals surface area contributed by atoms with Crippen LogP contribution in [-0.4, -0.2) is 32.5 Å². The first-order valence-corrected chi connectivity index (χ1v) is 8.31. The van der Waals surface area contributed by atoms with Gasteiger partial charge in [0.15, 0.2) is 9.84 Å². The lowest BCUT2D eigenvalue weighted by atomic mass is 9.82. The molecule has 3 nitrogen and oxygen atoms in total. The highest BCUT2D eigenvalue weighted by Gasteiger charge is 2.28. The van der Waals surface area contributed by atoms with E-state index in [2.05, 4.69) is 12.2 Å². The van der Waals surface area contributed by atoms with Crippen molar-refractivity contribution >= 4 is 9.84 Å². The molecular formula is C12H23NO2S. The zero-order chi connectivity index (χ0) is 11.6. The smallest absolute Gasteiger partial charge is 0.151 e. The van der Waals surface area contributed by atoms with Crippen LogP contribution in [0, 0.1) is 11.8 Å². The Balaban J connectivity index is 1.71. The van der Waals surface area contributed by atoms with Crippen molar-refractivity contribution < 1.29 is 8.42 Å². The summed E-state index contributed by atoms with van der Waals surface area (Å²) < 4.78 is 22.6. The Kier molecular flexibility index (Phi) is 3.90. The number of sulfone groups is 1. The van der Waals surface area contributed by atoms with Crippen LogP contribution in [0.5, 0.6) is 0 Å². The van der Waals surface area contributed by atoms with Crippen LogP contribution in [0.15, 0.2) is 0 Å². The highest BCUT2D eigenvalue weighted by Crippen LogP contribution is 2.28. The molecule has 94 valence electrons. The van der Waals surface area contributed by atoms with E-state index in [0.29, 0.717) is 11.5 Å². The van der Waals surface area contributed by atoms with Crippen LogP contribution in [0.4, 0.5) is 0 Å². The predicted octanol–water partition coefficient (Wildman–Crippen LogP) is 1.59. The van der Waals surface area contributed by atoms with Crippen molar-refractivity contribution in [3.63, 3.8) is 0 Å². The SMILES string of the molecule is CC1CCCC(CNC2CCS(=O)(=O)C2)C1. The quantitative estimate of drug-likeness (QED) is 0.821. The maximum Gasteiger partial charge on any atom is 0.151 e. The molecule has 0 aromatic carbocycles. The van der Waals surface area contributed by atoms with Gasteiger partial charge in [0.25, 0.3) is 0 Å². The maximum atomic E-state index is 11.3. The van der Waals surface area contributed by atoms with Gasteiger partial charge in [0.2, 0.25) is 0 Å². The number of hydrogen-bond acceptors (Lipinski definition) is 3. The Hall–Kier alpha value is -0.0900. The molecule has 1 N–H and O–H groups in total. The van der Waals surface area contributed by atoms with E-state index in [0.717, 1.165) is 24.8 Å². The molecule has 16 heavy (non-hydrogen) atoms. The van der Waals surface area contributed by atoms with Crippen molar-refractivity contribution in [2.75, 3.05) is 18.1 Å². The fraction of sp³-hybridized carbons (Fsp3) is 1.00. The molecule has 1 heterocycles. The van der Waals surface area contributed by atoms with Crippen LogP contribution in [0.1, 0.15) is 39.0 Å². The second-order valence-corrected chi connectivity index (χ2v) is 7.87. The van der Waals surface area contributed by atoms with E-state index < -0.39 is 9.84 Å². The lowest BCUT2D eigenvalue weighted by Gasteiger charge is -2.27. The van der Waals surface area contributed by atoms with Gasteiger partial charge in [-0.15, -0.1) is 0 Å². The molecule has 3 atom stereocenters.